The molecule has 0 radical (unpaired) electrons. The molecule has 0 unspecified atom stereocenters. The van der Waals surface area contributed by atoms with Crippen LogP contribution in [0, 0.1) is 19.8 Å². The molecule has 1 amide bonds. The first kappa shape index (κ1) is 19.1. The van der Waals surface area contributed by atoms with Crippen LogP contribution in [0.3, 0.4) is 0 Å². The summed E-state index contributed by atoms with van der Waals surface area (Å²) in [7, 11) is 0. The summed E-state index contributed by atoms with van der Waals surface area (Å²) >= 11 is 0. The molecule has 2 aromatic rings. The van der Waals surface area contributed by atoms with Gasteiger partial charge in [-0.25, -0.2) is 0 Å². The Morgan fingerprint density at radius 3 is 2.37 bits per heavy atom. The highest BCUT2D eigenvalue weighted by atomic mass is 16.6. The SMILES string of the molecule is Cc1cc(C)cc(OCC(=O)N[C@H](c2ccc3c(c2)OCCO3)C(C)C)c1. The number of carbonyl (C=O) groups excluding carboxylic acids is 1. The normalized spacial score (nSPS) is 14.0. The number of benzene rings is 2. The minimum atomic E-state index is -0.150. The maximum Gasteiger partial charge on any atom is 0.258 e. The third kappa shape index (κ3) is 4.94. The zero-order chi connectivity index (χ0) is 19.4. The predicted molar refractivity (Wildman–Crippen MR) is 105 cm³/mol. The third-order valence-electron chi connectivity index (χ3n) is 4.47. The molecule has 0 spiro atoms. The molecule has 0 fully saturated rings. The van der Waals surface area contributed by atoms with Crippen molar-refractivity contribution in [2.45, 2.75) is 33.7 Å². The average molecular weight is 369 g/mol. The van der Waals surface area contributed by atoms with Gasteiger partial charge in [-0.1, -0.05) is 26.0 Å². The summed E-state index contributed by atoms with van der Waals surface area (Å²) in [6, 6.07) is 11.6. The van der Waals surface area contributed by atoms with Gasteiger partial charge in [-0.2, -0.15) is 0 Å². The molecule has 5 heteroatoms. The lowest BCUT2D eigenvalue weighted by atomic mass is 9.95. The molecule has 1 heterocycles. The first-order chi connectivity index (χ1) is 12.9. The second-order valence-electron chi connectivity index (χ2n) is 7.30. The molecule has 3 rings (SSSR count). The highest BCUT2D eigenvalue weighted by Crippen LogP contribution is 2.34. The molecule has 0 aromatic heterocycles. The summed E-state index contributed by atoms with van der Waals surface area (Å²) in [6.07, 6.45) is 0. The lowest BCUT2D eigenvalue weighted by Gasteiger charge is -2.25. The van der Waals surface area contributed by atoms with Crippen LogP contribution in [0.25, 0.3) is 0 Å². The van der Waals surface area contributed by atoms with Crippen LogP contribution in [-0.4, -0.2) is 25.7 Å². The Morgan fingerprint density at radius 1 is 1.04 bits per heavy atom. The molecule has 1 aliphatic rings. The van der Waals surface area contributed by atoms with Crippen LogP contribution in [0.1, 0.15) is 36.6 Å². The molecular formula is C22H27NO4. The highest BCUT2D eigenvalue weighted by molar-refractivity contribution is 5.78. The topological polar surface area (TPSA) is 56.8 Å². The van der Waals surface area contributed by atoms with E-state index in [4.69, 9.17) is 14.2 Å². The van der Waals surface area contributed by atoms with E-state index in [0.717, 1.165) is 28.2 Å². The van der Waals surface area contributed by atoms with Gasteiger partial charge >= 0.3 is 0 Å². The van der Waals surface area contributed by atoms with Gasteiger partial charge in [-0.15, -0.1) is 0 Å². The minimum Gasteiger partial charge on any atom is -0.486 e. The monoisotopic (exact) mass is 369 g/mol. The quantitative estimate of drug-likeness (QED) is 0.837. The van der Waals surface area contributed by atoms with Gasteiger partial charge in [0.2, 0.25) is 0 Å². The van der Waals surface area contributed by atoms with Crippen molar-refractivity contribution in [2.75, 3.05) is 19.8 Å². The van der Waals surface area contributed by atoms with Crippen LogP contribution in [0.5, 0.6) is 17.2 Å². The van der Waals surface area contributed by atoms with Crippen LogP contribution in [-0.2, 0) is 4.79 Å². The number of ether oxygens (including phenoxy) is 3. The van der Waals surface area contributed by atoms with Crippen LogP contribution in [0.4, 0.5) is 0 Å². The summed E-state index contributed by atoms with van der Waals surface area (Å²) in [4.78, 5) is 12.5. The smallest absolute Gasteiger partial charge is 0.258 e. The molecular weight excluding hydrogens is 342 g/mol. The van der Waals surface area contributed by atoms with Gasteiger partial charge < -0.3 is 19.5 Å². The van der Waals surface area contributed by atoms with Gasteiger partial charge in [-0.05, 0) is 60.7 Å². The summed E-state index contributed by atoms with van der Waals surface area (Å²) < 4.78 is 16.9. The standard InChI is InChI=1S/C22H27NO4/c1-14(2)22(17-5-6-19-20(12-17)26-8-7-25-19)23-21(24)13-27-18-10-15(3)9-16(4)11-18/h5-6,9-12,14,22H,7-8,13H2,1-4H3,(H,23,24)/t22-/m0/s1. The zero-order valence-electron chi connectivity index (χ0n) is 16.4. The first-order valence-electron chi connectivity index (χ1n) is 9.32. The van der Waals surface area contributed by atoms with Crippen molar-refractivity contribution in [2.24, 2.45) is 5.92 Å². The largest absolute Gasteiger partial charge is 0.486 e. The van der Waals surface area contributed by atoms with Gasteiger partial charge in [0.05, 0.1) is 6.04 Å². The van der Waals surface area contributed by atoms with E-state index in [9.17, 15) is 4.79 Å². The number of nitrogens with one attached hydrogen (secondary N) is 1. The molecule has 5 nitrogen and oxygen atoms in total. The van der Waals surface area contributed by atoms with Crippen LogP contribution in [0.15, 0.2) is 36.4 Å². The van der Waals surface area contributed by atoms with Crippen LogP contribution >= 0.6 is 0 Å². The number of fused-ring (bicyclic) bond motifs is 1. The molecule has 27 heavy (non-hydrogen) atoms. The number of amides is 1. The van der Waals surface area contributed by atoms with Crippen molar-refractivity contribution < 1.29 is 19.0 Å². The maximum absolute atomic E-state index is 12.5. The summed E-state index contributed by atoms with van der Waals surface area (Å²) in [6.45, 7) is 9.26. The summed E-state index contributed by atoms with van der Waals surface area (Å²) in [5.74, 6) is 2.26. The molecule has 2 aromatic carbocycles. The lowest BCUT2D eigenvalue weighted by molar-refractivity contribution is -0.124. The fourth-order valence-corrected chi connectivity index (χ4v) is 3.27. The van der Waals surface area contributed by atoms with Gasteiger partial charge in [0.15, 0.2) is 18.1 Å². The van der Waals surface area contributed by atoms with Crippen molar-refractivity contribution in [3.8, 4) is 17.2 Å². The molecule has 0 bridgehead atoms. The van der Waals surface area contributed by atoms with Crippen LogP contribution < -0.4 is 19.5 Å². The van der Waals surface area contributed by atoms with E-state index in [2.05, 4.69) is 25.2 Å². The van der Waals surface area contributed by atoms with Crippen molar-refractivity contribution >= 4 is 5.91 Å². The van der Waals surface area contributed by atoms with E-state index in [-0.39, 0.29) is 24.5 Å². The van der Waals surface area contributed by atoms with Gasteiger partial charge in [0.1, 0.15) is 19.0 Å². The Labute approximate surface area is 160 Å². The Morgan fingerprint density at radius 2 is 1.70 bits per heavy atom. The molecule has 1 N–H and O–H groups in total. The Hall–Kier alpha value is -2.69. The molecule has 1 atom stereocenters. The van der Waals surface area contributed by atoms with E-state index in [1.54, 1.807) is 0 Å². The predicted octanol–water partition coefficient (Wildman–Crippen LogP) is 3.97. The molecule has 0 saturated carbocycles. The average Bonchev–Trinajstić information content (AvgIpc) is 2.63. The number of hydrogen-bond acceptors (Lipinski definition) is 4. The second kappa shape index (κ2) is 8.33. The second-order valence-corrected chi connectivity index (χ2v) is 7.30. The van der Waals surface area contributed by atoms with E-state index < -0.39 is 0 Å². The lowest BCUT2D eigenvalue weighted by Crippen LogP contribution is -2.35. The number of hydrogen-bond donors (Lipinski definition) is 1. The first-order valence-corrected chi connectivity index (χ1v) is 9.32. The van der Waals surface area contributed by atoms with Gasteiger partial charge in [0.25, 0.3) is 5.91 Å². The third-order valence-corrected chi connectivity index (χ3v) is 4.47. The van der Waals surface area contributed by atoms with Crippen LogP contribution in [0.2, 0.25) is 0 Å². The van der Waals surface area contributed by atoms with Gasteiger partial charge in [0, 0.05) is 0 Å². The highest BCUT2D eigenvalue weighted by Gasteiger charge is 2.21. The summed E-state index contributed by atoms with van der Waals surface area (Å²) in [5, 5.41) is 3.08. The molecule has 0 saturated heterocycles. The Bertz CT molecular complexity index is 796. The zero-order valence-corrected chi connectivity index (χ0v) is 16.4. The van der Waals surface area contributed by atoms with Crippen molar-refractivity contribution in [3.63, 3.8) is 0 Å². The number of rotatable bonds is 6. The van der Waals surface area contributed by atoms with Crippen molar-refractivity contribution in [1.82, 2.24) is 5.32 Å². The van der Waals surface area contributed by atoms with Gasteiger partial charge in [-0.3, -0.25) is 4.79 Å². The molecule has 1 aliphatic heterocycles. The Kier molecular flexibility index (Phi) is 5.89. The molecule has 0 aliphatic carbocycles. The fourth-order valence-electron chi connectivity index (χ4n) is 3.27. The number of carbonyl (C=O) groups is 1. The van der Waals surface area contributed by atoms with E-state index in [1.807, 2.05) is 44.2 Å². The van der Waals surface area contributed by atoms with Crippen molar-refractivity contribution in [3.05, 3.63) is 53.1 Å². The maximum atomic E-state index is 12.5. The fraction of sp³-hybridized carbons (Fsp3) is 0.409. The van der Waals surface area contributed by atoms with E-state index >= 15 is 0 Å². The molecule has 144 valence electrons. The summed E-state index contributed by atoms with van der Waals surface area (Å²) in [5.41, 5.74) is 3.22. The minimum absolute atomic E-state index is 0.0172. The van der Waals surface area contributed by atoms with E-state index in [1.165, 1.54) is 0 Å². The number of aryl methyl sites for hydroxylation is 2. The Balaban J connectivity index is 1.66. The van der Waals surface area contributed by atoms with E-state index in [0.29, 0.717) is 19.0 Å². The van der Waals surface area contributed by atoms with Crippen molar-refractivity contribution in [1.29, 1.82) is 0 Å².